The number of aromatic nitrogens is 1. The van der Waals surface area contributed by atoms with E-state index in [9.17, 15) is 8.42 Å². The molecule has 0 bridgehead atoms. The average Bonchev–Trinajstić information content (AvgIpc) is 3.18. The number of nitrogens with zero attached hydrogens (tertiary/aromatic N) is 2. The van der Waals surface area contributed by atoms with Crippen LogP contribution in [0.5, 0.6) is 0 Å². The van der Waals surface area contributed by atoms with E-state index in [1.165, 1.54) is 29.3 Å². The second kappa shape index (κ2) is 8.87. The Labute approximate surface area is 191 Å². The van der Waals surface area contributed by atoms with Gasteiger partial charge in [0.25, 0.3) is 0 Å². The lowest BCUT2D eigenvalue weighted by molar-refractivity contribution is 0.529. The molecule has 4 rings (SSSR count). The van der Waals surface area contributed by atoms with Crippen LogP contribution in [0.2, 0.25) is 10.0 Å². The van der Waals surface area contributed by atoms with Crippen molar-refractivity contribution in [2.24, 2.45) is 0 Å². The van der Waals surface area contributed by atoms with Gasteiger partial charge >= 0.3 is 0 Å². The molecule has 1 aliphatic heterocycles. The summed E-state index contributed by atoms with van der Waals surface area (Å²) < 4.78 is 26.0. The lowest BCUT2D eigenvalue weighted by atomic mass is 10.1. The molecule has 2 aromatic carbocycles. The highest BCUT2D eigenvalue weighted by Crippen LogP contribution is 2.32. The molecule has 1 saturated heterocycles. The molecule has 3 aromatic rings. The van der Waals surface area contributed by atoms with Crippen LogP contribution < -0.4 is 4.90 Å². The number of sulfone groups is 1. The monoisotopic (exact) mass is 480 g/mol. The lowest BCUT2D eigenvalue weighted by Crippen LogP contribution is -2.39. The van der Waals surface area contributed by atoms with Crippen LogP contribution in [-0.2, 0) is 16.3 Å². The first kappa shape index (κ1) is 21.6. The number of hydrogen-bond donors (Lipinski definition) is 0. The highest BCUT2D eigenvalue weighted by atomic mass is 35.5. The molecular formula is C22H22Cl2N2O2S2. The van der Waals surface area contributed by atoms with E-state index < -0.39 is 15.1 Å². The molecule has 0 unspecified atom stereocenters. The Bertz CT molecular complexity index is 1150. The number of aryl methyl sites for hydroxylation is 1. The fourth-order valence-corrected chi connectivity index (χ4v) is 6.76. The maximum atomic E-state index is 13.0. The largest absolute Gasteiger partial charge is 0.348 e. The van der Waals surface area contributed by atoms with Crippen molar-refractivity contribution in [2.75, 3.05) is 18.0 Å². The Morgan fingerprint density at radius 3 is 2.57 bits per heavy atom. The molecule has 0 aliphatic carbocycles. The maximum Gasteiger partial charge on any atom is 0.185 e. The Balaban J connectivity index is 1.41. The van der Waals surface area contributed by atoms with Gasteiger partial charge in [-0.3, -0.25) is 0 Å². The van der Waals surface area contributed by atoms with Gasteiger partial charge in [-0.05, 0) is 43.5 Å². The van der Waals surface area contributed by atoms with Crippen molar-refractivity contribution in [1.29, 1.82) is 0 Å². The number of anilines is 1. The normalized spacial score (nSPS) is 15.5. The van der Waals surface area contributed by atoms with E-state index in [1.807, 2.05) is 0 Å². The van der Waals surface area contributed by atoms with Crippen molar-refractivity contribution in [1.82, 2.24) is 4.98 Å². The third-order valence-electron chi connectivity index (χ3n) is 5.38. The fraction of sp³-hybridized carbons (Fsp3) is 0.318. The van der Waals surface area contributed by atoms with Crippen molar-refractivity contribution in [3.8, 4) is 0 Å². The van der Waals surface area contributed by atoms with Crippen LogP contribution in [0.15, 0.2) is 52.7 Å². The second-order valence-corrected chi connectivity index (χ2v) is 11.5. The van der Waals surface area contributed by atoms with E-state index >= 15 is 0 Å². The Hall–Kier alpha value is -1.60. The summed E-state index contributed by atoms with van der Waals surface area (Å²) in [7, 11) is -3.43. The zero-order valence-electron chi connectivity index (χ0n) is 16.5. The van der Waals surface area contributed by atoms with E-state index in [0.717, 1.165) is 17.2 Å². The van der Waals surface area contributed by atoms with E-state index in [1.54, 1.807) is 11.3 Å². The number of rotatable bonds is 5. The standard InChI is InChI=1S/C22H22Cl2N2O2S2/c1-15-3-2-4-16(11-15)12-17-14-29-22(25-17)26-9-7-18(8-10-26)30(27,28)19-5-6-20(23)21(24)13-19/h2-6,11,13-14,18H,7-10,12H2,1H3. The molecule has 0 radical (unpaired) electrons. The molecule has 158 valence electrons. The van der Waals surface area contributed by atoms with Gasteiger partial charge in [-0.2, -0.15) is 0 Å². The summed E-state index contributed by atoms with van der Waals surface area (Å²) in [6.45, 7) is 3.43. The molecule has 30 heavy (non-hydrogen) atoms. The Kier molecular flexibility index (Phi) is 6.39. The topological polar surface area (TPSA) is 50.3 Å². The fourth-order valence-electron chi connectivity index (χ4n) is 3.76. The quantitative estimate of drug-likeness (QED) is 0.463. The van der Waals surface area contributed by atoms with Crippen LogP contribution in [0.1, 0.15) is 29.7 Å². The molecule has 8 heteroatoms. The summed E-state index contributed by atoms with van der Waals surface area (Å²) in [6, 6.07) is 13.0. The van der Waals surface area contributed by atoms with Crippen molar-refractivity contribution in [3.63, 3.8) is 0 Å². The molecule has 1 aliphatic rings. The highest BCUT2D eigenvalue weighted by Gasteiger charge is 2.32. The summed E-state index contributed by atoms with van der Waals surface area (Å²) in [5.41, 5.74) is 3.54. The average molecular weight is 481 g/mol. The Morgan fingerprint density at radius 1 is 1.10 bits per heavy atom. The van der Waals surface area contributed by atoms with Crippen LogP contribution in [0.4, 0.5) is 5.13 Å². The van der Waals surface area contributed by atoms with Crippen LogP contribution >= 0.6 is 34.5 Å². The Morgan fingerprint density at radius 2 is 1.87 bits per heavy atom. The predicted molar refractivity (Wildman–Crippen MR) is 125 cm³/mol. The van der Waals surface area contributed by atoms with Gasteiger partial charge in [0.05, 0.1) is 25.9 Å². The molecule has 0 saturated carbocycles. The van der Waals surface area contributed by atoms with Gasteiger partial charge in [0.15, 0.2) is 15.0 Å². The minimum Gasteiger partial charge on any atom is -0.348 e. The van der Waals surface area contributed by atoms with Crippen molar-refractivity contribution in [2.45, 2.75) is 36.3 Å². The molecule has 1 fully saturated rings. The SMILES string of the molecule is Cc1cccc(Cc2csc(N3CCC(S(=O)(=O)c4ccc(Cl)c(Cl)c4)CC3)n2)c1. The van der Waals surface area contributed by atoms with Gasteiger partial charge < -0.3 is 4.90 Å². The molecule has 0 atom stereocenters. The zero-order valence-corrected chi connectivity index (χ0v) is 19.7. The van der Waals surface area contributed by atoms with Gasteiger partial charge in [-0.15, -0.1) is 11.3 Å². The predicted octanol–water partition coefficient (Wildman–Crippen LogP) is 5.79. The van der Waals surface area contributed by atoms with Crippen LogP contribution in [0, 0.1) is 6.92 Å². The number of halogens is 2. The van der Waals surface area contributed by atoms with E-state index in [-0.39, 0.29) is 9.92 Å². The maximum absolute atomic E-state index is 13.0. The molecule has 0 amide bonds. The van der Waals surface area contributed by atoms with Crippen LogP contribution in [-0.4, -0.2) is 31.7 Å². The first-order valence-electron chi connectivity index (χ1n) is 9.77. The third-order valence-corrected chi connectivity index (χ3v) is 9.33. The van der Waals surface area contributed by atoms with Crippen molar-refractivity contribution >= 4 is 49.5 Å². The van der Waals surface area contributed by atoms with E-state index in [0.29, 0.717) is 31.0 Å². The smallest absolute Gasteiger partial charge is 0.185 e. The third kappa shape index (κ3) is 4.67. The molecule has 4 nitrogen and oxygen atoms in total. The van der Waals surface area contributed by atoms with E-state index in [4.69, 9.17) is 28.2 Å². The highest BCUT2D eigenvalue weighted by molar-refractivity contribution is 7.92. The van der Waals surface area contributed by atoms with Gasteiger partial charge in [0.2, 0.25) is 0 Å². The van der Waals surface area contributed by atoms with E-state index in [2.05, 4.69) is 41.5 Å². The molecule has 2 heterocycles. The first-order valence-corrected chi connectivity index (χ1v) is 12.9. The van der Waals surface area contributed by atoms with Gasteiger partial charge in [-0.25, -0.2) is 13.4 Å². The lowest BCUT2D eigenvalue weighted by Gasteiger charge is -2.31. The second-order valence-electron chi connectivity index (χ2n) is 7.59. The molecular weight excluding hydrogens is 459 g/mol. The summed E-state index contributed by atoms with van der Waals surface area (Å²) >= 11 is 13.6. The van der Waals surface area contributed by atoms with Crippen LogP contribution in [0.3, 0.4) is 0 Å². The molecule has 0 spiro atoms. The summed E-state index contributed by atoms with van der Waals surface area (Å²) in [6.07, 6.45) is 1.94. The van der Waals surface area contributed by atoms with Crippen LogP contribution in [0.25, 0.3) is 0 Å². The minimum atomic E-state index is -3.43. The van der Waals surface area contributed by atoms with Gasteiger partial charge in [0.1, 0.15) is 0 Å². The number of thiazole rings is 1. The number of piperidine rings is 1. The zero-order chi connectivity index (χ0) is 21.3. The van der Waals surface area contributed by atoms with Gasteiger partial charge in [-0.1, -0.05) is 53.0 Å². The minimum absolute atomic E-state index is 0.241. The summed E-state index contributed by atoms with van der Waals surface area (Å²) in [5, 5.41) is 3.26. The number of hydrogen-bond acceptors (Lipinski definition) is 5. The molecule has 0 N–H and O–H groups in total. The van der Waals surface area contributed by atoms with Crippen molar-refractivity contribution < 1.29 is 8.42 Å². The van der Waals surface area contributed by atoms with Crippen molar-refractivity contribution in [3.05, 3.63) is 74.7 Å². The summed E-state index contributed by atoms with van der Waals surface area (Å²) in [5.74, 6) is 0. The van der Waals surface area contributed by atoms with Gasteiger partial charge in [0, 0.05) is 24.9 Å². The first-order chi connectivity index (χ1) is 14.3. The molecule has 1 aromatic heterocycles. The number of benzene rings is 2. The summed E-state index contributed by atoms with van der Waals surface area (Å²) in [4.78, 5) is 7.22.